The van der Waals surface area contributed by atoms with Gasteiger partial charge < -0.3 is 14.0 Å². The molecule has 2 aromatic heterocycles. The second-order valence-electron chi connectivity index (χ2n) is 9.61. The van der Waals surface area contributed by atoms with Crippen LogP contribution in [0.15, 0.2) is 78.9 Å². The number of aromatic nitrogens is 3. The van der Waals surface area contributed by atoms with Crippen LogP contribution in [0, 0.1) is 12.7 Å². The Morgan fingerprint density at radius 2 is 1.84 bits per heavy atom. The molecule has 1 fully saturated rings. The summed E-state index contributed by atoms with van der Waals surface area (Å²) >= 11 is 5.84. The molecule has 3 heterocycles. The second kappa shape index (κ2) is 10.6. The Hall–Kier alpha value is -3.74. The van der Waals surface area contributed by atoms with Crippen molar-refractivity contribution in [2.75, 3.05) is 6.61 Å². The highest BCUT2D eigenvalue weighted by molar-refractivity contribution is 6.30. The molecule has 5 nitrogen and oxygen atoms in total. The summed E-state index contributed by atoms with van der Waals surface area (Å²) in [5, 5.41) is 0.356. The molecule has 6 rings (SSSR count). The quantitative estimate of drug-likeness (QED) is 0.215. The van der Waals surface area contributed by atoms with Crippen molar-refractivity contribution in [3.8, 4) is 17.1 Å². The second-order valence-corrected chi connectivity index (χ2v) is 10.0. The minimum Gasteiger partial charge on any atom is -0.473 e. The Balaban J connectivity index is 1.21. The highest BCUT2D eigenvalue weighted by Gasteiger charge is 2.22. The highest BCUT2D eigenvalue weighted by atomic mass is 35.5. The van der Waals surface area contributed by atoms with Gasteiger partial charge in [-0.2, -0.15) is 0 Å². The zero-order chi connectivity index (χ0) is 26.1. The Morgan fingerprint density at radius 1 is 1.00 bits per heavy atom. The Kier molecular flexibility index (Phi) is 6.83. The van der Waals surface area contributed by atoms with Crippen LogP contribution < -0.4 is 4.74 Å². The van der Waals surface area contributed by atoms with Gasteiger partial charge in [-0.05, 0) is 60.9 Å². The van der Waals surface area contributed by atoms with Gasteiger partial charge in [0.25, 0.3) is 0 Å². The first-order valence-electron chi connectivity index (χ1n) is 12.7. The van der Waals surface area contributed by atoms with Gasteiger partial charge in [-0.15, -0.1) is 0 Å². The number of rotatable bonds is 8. The van der Waals surface area contributed by atoms with Crippen LogP contribution >= 0.6 is 11.6 Å². The van der Waals surface area contributed by atoms with Crippen molar-refractivity contribution in [2.45, 2.75) is 39.0 Å². The van der Waals surface area contributed by atoms with Gasteiger partial charge in [-0.3, -0.25) is 0 Å². The average Bonchev–Trinajstić information content (AvgIpc) is 3.24. The van der Waals surface area contributed by atoms with Crippen molar-refractivity contribution < 1.29 is 13.9 Å². The molecule has 1 saturated heterocycles. The maximum absolute atomic E-state index is 14.1. The van der Waals surface area contributed by atoms with Crippen molar-refractivity contribution in [3.05, 3.63) is 112 Å². The number of fused-ring (bicyclic) bond motifs is 1. The van der Waals surface area contributed by atoms with E-state index in [1.54, 1.807) is 18.2 Å². The van der Waals surface area contributed by atoms with Gasteiger partial charge >= 0.3 is 0 Å². The van der Waals surface area contributed by atoms with Gasteiger partial charge in [0.05, 0.1) is 29.4 Å². The third kappa shape index (κ3) is 5.15. The summed E-state index contributed by atoms with van der Waals surface area (Å²) in [6, 6.07) is 24.8. The number of hydrogen-bond donors (Lipinski definition) is 0. The molecule has 192 valence electrons. The van der Waals surface area contributed by atoms with Crippen LogP contribution in [0.25, 0.3) is 22.3 Å². The van der Waals surface area contributed by atoms with Crippen molar-refractivity contribution in [2.24, 2.45) is 0 Å². The first-order valence-corrected chi connectivity index (χ1v) is 13.1. The van der Waals surface area contributed by atoms with Crippen LogP contribution in [-0.2, 0) is 24.3 Å². The summed E-state index contributed by atoms with van der Waals surface area (Å²) in [6.45, 7) is 3.85. The molecule has 0 bridgehead atoms. The standard InChI is InChI=1S/C31H27ClFN3O2/c1-20-15-22(27-6-4-8-31(35-27)38-19-23-11-12-24(32)17-26(23)33)10-9-21(20)16-30-34-28-5-2-3-7-29(28)36(30)18-25-13-14-37-25/h2-12,15,17,25H,13-14,16,18-19H2,1H3/t25-/m0/s1. The van der Waals surface area contributed by atoms with E-state index in [1.807, 2.05) is 18.2 Å². The minimum absolute atomic E-state index is 0.0737. The van der Waals surface area contributed by atoms with Crippen molar-refractivity contribution in [3.63, 3.8) is 0 Å². The molecule has 0 saturated carbocycles. The molecule has 0 N–H and O–H groups in total. The summed E-state index contributed by atoms with van der Waals surface area (Å²) < 4.78 is 27.9. The van der Waals surface area contributed by atoms with Crippen LogP contribution in [0.5, 0.6) is 5.88 Å². The number of ether oxygens (including phenoxy) is 2. The molecular formula is C31H27ClFN3O2. The van der Waals surface area contributed by atoms with Gasteiger partial charge in [0.2, 0.25) is 5.88 Å². The third-order valence-electron chi connectivity index (χ3n) is 7.01. The van der Waals surface area contributed by atoms with E-state index in [2.05, 4.69) is 52.9 Å². The van der Waals surface area contributed by atoms with E-state index in [9.17, 15) is 4.39 Å². The van der Waals surface area contributed by atoms with E-state index in [1.165, 1.54) is 11.6 Å². The number of imidazole rings is 1. The largest absolute Gasteiger partial charge is 0.473 e. The van der Waals surface area contributed by atoms with Gasteiger partial charge in [0.1, 0.15) is 18.2 Å². The highest BCUT2D eigenvalue weighted by Crippen LogP contribution is 2.27. The summed E-state index contributed by atoms with van der Waals surface area (Å²) in [6.07, 6.45) is 2.08. The van der Waals surface area contributed by atoms with E-state index < -0.39 is 5.82 Å². The lowest BCUT2D eigenvalue weighted by Crippen LogP contribution is -2.31. The van der Waals surface area contributed by atoms with Crippen LogP contribution in [0.4, 0.5) is 4.39 Å². The number of para-hydroxylation sites is 2. The Labute approximate surface area is 225 Å². The first kappa shape index (κ1) is 24.6. The lowest BCUT2D eigenvalue weighted by Gasteiger charge is -2.27. The number of aryl methyl sites for hydroxylation is 1. The smallest absolute Gasteiger partial charge is 0.214 e. The molecule has 38 heavy (non-hydrogen) atoms. The maximum Gasteiger partial charge on any atom is 0.214 e. The zero-order valence-electron chi connectivity index (χ0n) is 21.0. The lowest BCUT2D eigenvalue weighted by atomic mass is 10.0. The molecule has 7 heteroatoms. The van der Waals surface area contributed by atoms with E-state index in [-0.39, 0.29) is 12.7 Å². The molecule has 5 aromatic rings. The van der Waals surface area contributed by atoms with Gasteiger partial charge in [0, 0.05) is 35.2 Å². The van der Waals surface area contributed by atoms with Crippen molar-refractivity contribution >= 4 is 22.6 Å². The molecular weight excluding hydrogens is 501 g/mol. The van der Waals surface area contributed by atoms with E-state index >= 15 is 0 Å². The predicted octanol–water partition coefficient (Wildman–Crippen LogP) is 7.16. The monoisotopic (exact) mass is 527 g/mol. The van der Waals surface area contributed by atoms with E-state index in [0.29, 0.717) is 16.5 Å². The Bertz CT molecular complexity index is 1610. The molecule has 0 spiro atoms. The fraction of sp³-hybridized carbons (Fsp3) is 0.226. The molecule has 1 aliphatic rings. The fourth-order valence-electron chi connectivity index (χ4n) is 4.77. The molecule has 1 aliphatic heterocycles. The minimum atomic E-state index is -0.395. The topological polar surface area (TPSA) is 49.2 Å². The van der Waals surface area contributed by atoms with Gasteiger partial charge in [-0.25, -0.2) is 14.4 Å². The first-order chi connectivity index (χ1) is 18.5. The average molecular weight is 528 g/mol. The number of benzene rings is 3. The van der Waals surface area contributed by atoms with Crippen LogP contribution in [-0.4, -0.2) is 27.2 Å². The predicted molar refractivity (Wildman–Crippen MR) is 147 cm³/mol. The van der Waals surface area contributed by atoms with Gasteiger partial charge in [-0.1, -0.05) is 48.0 Å². The molecule has 0 aliphatic carbocycles. The third-order valence-corrected chi connectivity index (χ3v) is 7.25. The number of halogens is 2. The number of nitrogens with zero attached hydrogens (tertiary/aromatic N) is 3. The number of hydrogen-bond acceptors (Lipinski definition) is 4. The van der Waals surface area contributed by atoms with E-state index in [0.717, 1.165) is 59.7 Å². The van der Waals surface area contributed by atoms with Crippen LogP contribution in [0.2, 0.25) is 5.02 Å². The van der Waals surface area contributed by atoms with Crippen LogP contribution in [0.3, 0.4) is 0 Å². The molecule has 0 radical (unpaired) electrons. The maximum atomic E-state index is 14.1. The SMILES string of the molecule is Cc1cc(-c2cccc(OCc3ccc(Cl)cc3F)n2)ccc1Cc1nc2ccccc2n1C[C@@H]1CCO1. The van der Waals surface area contributed by atoms with Gasteiger partial charge in [0.15, 0.2) is 0 Å². The normalized spacial score (nSPS) is 15.0. The van der Waals surface area contributed by atoms with Crippen molar-refractivity contribution in [1.29, 1.82) is 0 Å². The molecule has 0 unspecified atom stereocenters. The zero-order valence-corrected chi connectivity index (χ0v) is 21.8. The summed E-state index contributed by atoms with van der Waals surface area (Å²) in [5.74, 6) is 1.08. The van der Waals surface area contributed by atoms with E-state index in [4.69, 9.17) is 26.1 Å². The fourth-order valence-corrected chi connectivity index (χ4v) is 4.93. The molecule has 1 atom stereocenters. The summed E-state index contributed by atoms with van der Waals surface area (Å²) in [5.41, 5.74) is 6.75. The lowest BCUT2D eigenvalue weighted by molar-refractivity contribution is -0.0589. The van der Waals surface area contributed by atoms with Crippen molar-refractivity contribution in [1.82, 2.24) is 14.5 Å². The Morgan fingerprint density at radius 3 is 2.63 bits per heavy atom. The number of pyridine rings is 1. The van der Waals surface area contributed by atoms with Crippen LogP contribution in [0.1, 0.15) is 28.9 Å². The molecule has 3 aromatic carbocycles. The summed E-state index contributed by atoms with van der Waals surface area (Å²) in [7, 11) is 0. The summed E-state index contributed by atoms with van der Waals surface area (Å²) in [4.78, 5) is 9.60. The molecule has 0 amide bonds.